The molecule has 170 valence electrons. The molecule has 4 aromatic rings. The lowest BCUT2D eigenvalue weighted by molar-refractivity contribution is 0.262. The second kappa shape index (κ2) is 9.47. The fraction of sp³-hybridized carbons (Fsp3) is 0.130. The molecule has 0 aliphatic rings. The molecule has 0 aliphatic heterocycles. The summed E-state index contributed by atoms with van der Waals surface area (Å²) >= 11 is 1.21. The van der Waals surface area contributed by atoms with E-state index in [-0.39, 0.29) is 10.0 Å². The number of carbonyl (C=O) groups is 1. The van der Waals surface area contributed by atoms with E-state index in [1.54, 1.807) is 60.7 Å². The largest absolute Gasteiger partial charge is 0.492 e. The maximum Gasteiger partial charge on any atom is 0.323 e. The predicted molar refractivity (Wildman–Crippen MR) is 132 cm³/mol. The predicted octanol–water partition coefficient (Wildman–Crippen LogP) is 5.45. The van der Waals surface area contributed by atoms with Crippen LogP contribution in [0.4, 0.5) is 21.3 Å². The molecule has 3 aromatic carbocycles. The van der Waals surface area contributed by atoms with Crippen LogP contribution >= 0.6 is 11.3 Å². The monoisotopic (exact) mass is 482 g/mol. The van der Waals surface area contributed by atoms with Gasteiger partial charge in [-0.3, -0.25) is 4.72 Å². The Labute approximate surface area is 195 Å². The van der Waals surface area contributed by atoms with Crippen molar-refractivity contribution in [1.29, 1.82) is 0 Å². The van der Waals surface area contributed by atoms with E-state index in [9.17, 15) is 13.2 Å². The lowest BCUT2D eigenvalue weighted by atomic mass is 10.2. The Balaban J connectivity index is 1.48. The van der Waals surface area contributed by atoms with E-state index in [0.717, 1.165) is 10.3 Å². The summed E-state index contributed by atoms with van der Waals surface area (Å²) in [4.78, 5) is 17.0. The molecule has 0 bridgehead atoms. The summed E-state index contributed by atoms with van der Waals surface area (Å²) in [6, 6.07) is 18.5. The van der Waals surface area contributed by atoms with Crippen molar-refractivity contribution in [2.24, 2.45) is 0 Å². The molecule has 0 fully saturated rings. The SMILES string of the molecule is CCOc1ccccc1NC(=O)Nc1ccc2sc(NS(=O)(=O)c3ccc(C)cc3)nc2c1. The van der Waals surface area contributed by atoms with Gasteiger partial charge in [0.05, 0.1) is 27.4 Å². The lowest BCUT2D eigenvalue weighted by Gasteiger charge is -2.12. The Morgan fingerprint density at radius 3 is 2.55 bits per heavy atom. The van der Waals surface area contributed by atoms with E-state index >= 15 is 0 Å². The number of para-hydroxylation sites is 2. The molecule has 1 aromatic heterocycles. The number of nitrogens with zero attached hydrogens (tertiary/aromatic N) is 1. The number of thiazole rings is 1. The van der Waals surface area contributed by atoms with Crippen LogP contribution in [0, 0.1) is 6.92 Å². The molecule has 2 amide bonds. The van der Waals surface area contributed by atoms with Crippen LogP contribution in [0.15, 0.2) is 71.6 Å². The number of fused-ring (bicyclic) bond motifs is 1. The van der Waals surface area contributed by atoms with Crippen molar-refractivity contribution in [2.45, 2.75) is 18.7 Å². The van der Waals surface area contributed by atoms with Gasteiger partial charge in [0, 0.05) is 5.69 Å². The normalized spacial score (nSPS) is 11.2. The number of anilines is 3. The fourth-order valence-electron chi connectivity index (χ4n) is 3.08. The van der Waals surface area contributed by atoms with E-state index in [1.165, 1.54) is 11.3 Å². The molecule has 0 atom stereocenters. The first-order chi connectivity index (χ1) is 15.8. The second-order valence-electron chi connectivity index (χ2n) is 7.13. The summed E-state index contributed by atoms with van der Waals surface area (Å²) in [6.07, 6.45) is 0. The molecule has 3 N–H and O–H groups in total. The average Bonchev–Trinajstić information content (AvgIpc) is 3.16. The maximum atomic E-state index is 12.6. The summed E-state index contributed by atoms with van der Waals surface area (Å²) in [5.74, 6) is 0.579. The number of aromatic nitrogens is 1. The molecule has 0 radical (unpaired) electrons. The minimum atomic E-state index is -3.74. The van der Waals surface area contributed by atoms with E-state index in [4.69, 9.17) is 4.74 Å². The van der Waals surface area contributed by atoms with E-state index in [1.807, 2.05) is 19.9 Å². The number of hydrogen-bond donors (Lipinski definition) is 3. The van der Waals surface area contributed by atoms with Crippen molar-refractivity contribution in [3.63, 3.8) is 0 Å². The molecule has 0 saturated carbocycles. The summed E-state index contributed by atoms with van der Waals surface area (Å²) in [6.45, 7) is 4.24. The zero-order valence-corrected chi connectivity index (χ0v) is 19.6. The molecular formula is C23H22N4O4S2. The third kappa shape index (κ3) is 5.41. The minimum Gasteiger partial charge on any atom is -0.492 e. The molecule has 10 heteroatoms. The van der Waals surface area contributed by atoms with Crippen molar-refractivity contribution in [2.75, 3.05) is 22.0 Å². The Bertz CT molecular complexity index is 1400. The van der Waals surface area contributed by atoms with Crippen molar-refractivity contribution < 1.29 is 17.9 Å². The number of carbonyl (C=O) groups excluding carboxylic acids is 1. The standard InChI is InChI=1S/C23H22N4O4S2/c1-3-31-20-7-5-4-6-18(20)25-22(28)24-16-10-13-21-19(14-16)26-23(32-21)27-33(29,30)17-11-8-15(2)9-12-17/h4-14H,3H2,1-2H3,(H,26,27)(H2,24,25,28). The van der Waals surface area contributed by atoms with Gasteiger partial charge in [-0.05, 0) is 56.3 Å². The van der Waals surface area contributed by atoms with Crippen LogP contribution in [0.2, 0.25) is 0 Å². The first-order valence-corrected chi connectivity index (χ1v) is 12.4. The fourth-order valence-corrected chi connectivity index (χ4v) is 5.16. The first kappa shape index (κ1) is 22.6. The highest BCUT2D eigenvalue weighted by Crippen LogP contribution is 2.30. The van der Waals surface area contributed by atoms with Crippen LogP contribution in [0.3, 0.4) is 0 Å². The second-order valence-corrected chi connectivity index (χ2v) is 9.84. The quantitative estimate of drug-likeness (QED) is 0.325. The third-order valence-corrected chi connectivity index (χ3v) is 7.07. The van der Waals surface area contributed by atoms with Crippen LogP contribution < -0.4 is 20.1 Å². The maximum absolute atomic E-state index is 12.6. The molecule has 4 rings (SSSR count). The molecule has 0 spiro atoms. The number of nitrogens with one attached hydrogen (secondary N) is 3. The number of aryl methyl sites for hydroxylation is 1. The zero-order valence-electron chi connectivity index (χ0n) is 18.0. The zero-order chi connectivity index (χ0) is 23.4. The van der Waals surface area contributed by atoms with Crippen molar-refractivity contribution in [1.82, 2.24) is 4.98 Å². The lowest BCUT2D eigenvalue weighted by Crippen LogP contribution is -2.19. The summed E-state index contributed by atoms with van der Waals surface area (Å²) < 4.78 is 34.1. The molecule has 0 unspecified atom stereocenters. The van der Waals surface area contributed by atoms with Gasteiger partial charge in [0.2, 0.25) is 0 Å². The minimum absolute atomic E-state index is 0.165. The number of hydrogen-bond acceptors (Lipinski definition) is 6. The molecular weight excluding hydrogens is 460 g/mol. The van der Waals surface area contributed by atoms with Gasteiger partial charge in [-0.2, -0.15) is 0 Å². The topological polar surface area (TPSA) is 109 Å². The molecule has 0 aliphatic carbocycles. The van der Waals surface area contributed by atoms with Gasteiger partial charge in [0.25, 0.3) is 10.0 Å². The number of amides is 2. The molecule has 8 nitrogen and oxygen atoms in total. The average molecular weight is 483 g/mol. The van der Waals surface area contributed by atoms with Crippen molar-refractivity contribution >= 4 is 54.1 Å². The molecule has 1 heterocycles. The number of urea groups is 1. The summed E-state index contributed by atoms with van der Waals surface area (Å²) in [5, 5.41) is 5.77. The van der Waals surface area contributed by atoms with E-state index < -0.39 is 16.1 Å². The number of ether oxygens (including phenoxy) is 1. The Kier molecular flexibility index (Phi) is 6.47. The Hall–Kier alpha value is -3.63. The number of rotatable bonds is 7. The van der Waals surface area contributed by atoms with Gasteiger partial charge >= 0.3 is 6.03 Å². The van der Waals surface area contributed by atoms with Crippen molar-refractivity contribution in [3.05, 3.63) is 72.3 Å². The van der Waals surface area contributed by atoms with Gasteiger partial charge in [0.15, 0.2) is 5.13 Å². The highest BCUT2D eigenvalue weighted by molar-refractivity contribution is 7.93. The van der Waals surface area contributed by atoms with Crippen LogP contribution in [0.5, 0.6) is 5.75 Å². The molecule has 33 heavy (non-hydrogen) atoms. The smallest absolute Gasteiger partial charge is 0.323 e. The molecule has 0 saturated heterocycles. The number of benzene rings is 3. The van der Waals surface area contributed by atoms with Crippen molar-refractivity contribution in [3.8, 4) is 5.75 Å². The third-order valence-electron chi connectivity index (χ3n) is 4.63. The Morgan fingerprint density at radius 2 is 1.79 bits per heavy atom. The Morgan fingerprint density at radius 1 is 1.03 bits per heavy atom. The van der Waals surface area contributed by atoms with Gasteiger partial charge in [-0.15, -0.1) is 0 Å². The van der Waals surface area contributed by atoms with Gasteiger partial charge in [0.1, 0.15) is 5.75 Å². The van der Waals surface area contributed by atoms with Crippen LogP contribution in [-0.4, -0.2) is 26.0 Å². The van der Waals surface area contributed by atoms with E-state index in [0.29, 0.717) is 29.2 Å². The highest BCUT2D eigenvalue weighted by Gasteiger charge is 2.17. The highest BCUT2D eigenvalue weighted by atomic mass is 32.2. The van der Waals surface area contributed by atoms with Crippen LogP contribution in [-0.2, 0) is 10.0 Å². The summed E-state index contributed by atoms with van der Waals surface area (Å²) in [5.41, 5.74) is 2.61. The summed E-state index contributed by atoms with van der Waals surface area (Å²) in [7, 11) is -3.74. The van der Waals surface area contributed by atoms with E-state index in [2.05, 4.69) is 20.3 Å². The first-order valence-electron chi connectivity index (χ1n) is 10.1. The van der Waals surface area contributed by atoms with Crippen LogP contribution in [0.1, 0.15) is 12.5 Å². The van der Waals surface area contributed by atoms with Gasteiger partial charge < -0.3 is 15.4 Å². The van der Waals surface area contributed by atoms with Gasteiger partial charge in [-0.1, -0.05) is 41.2 Å². The van der Waals surface area contributed by atoms with Crippen LogP contribution in [0.25, 0.3) is 10.2 Å². The van der Waals surface area contributed by atoms with Gasteiger partial charge in [-0.25, -0.2) is 18.2 Å². The number of sulfonamides is 1.